The second kappa shape index (κ2) is 11.8. The van der Waals surface area contributed by atoms with Crippen molar-refractivity contribution in [1.29, 1.82) is 0 Å². The summed E-state index contributed by atoms with van der Waals surface area (Å²) in [6.45, 7) is 2.93. The average Bonchev–Trinajstić information content (AvgIpc) is 2.58. The van der Waals surface area contributed by atoms with Crippen molar-refractivity contribution in [2.75, 3.05) is 32.6 Å². The molecule has 0 aromatic heterocycles. The monoisotopic (exact) mass is 454 g/mol. The maximum atomic E-state index is 5.99. The minimum absolute atomic E-state index is 0. The van der Waals surface area contributed by atoms with Crippen molar-refractivity contribution < 1.29 is 4.74 Å². The third-order valence-corrected chi connectivity index (χ3v) is 3.64. The van der Waals surface area contributed by atoms with Crippen LogP contribution in [0.25, 0.3) is 0 Å². The molecule has 0 saturated carbocycles. The molecule has 0 aliphatic heterocycles. The molecular weight excluding hydrogens is 427 g/mol. The minimum atomic E-state index is 0. The molecule has 0 heterocycles. The third-order valence-electron chi connectivity index (χ3n) is 3.64. The van der Waals surface area contributed by atoms with Crippen molar-refractivity contribution in [2.45, 2.75) is 13.2 Å². The van der Waals surface area contributed by atoms with Crippen LogP contribution < -0.4 is 11.1 Å². The summed E-state index contributed by atoms with van der Waals surface area (Å²) in [5, 5.41) is 3.15. The van der Waals surface area contributed by atoms with E-state index in [9.17, 15) is 0 Å². The van der Waals surface area contributed by atoms with Crippen LogP contribution in [0.4, 0.5) is 5.69 Å². The Morgan fingerprint density at radius 2 is 1.80 bits per heavy atom. The maximum Gasteiger partial charge on any atom is 0.193 e. The van der Waals surface area contributed by atoms with Gasteiger partial charge < -0.3 is 20.7 Å². The van der Waals surface area contributed by atoms with E-state index in [4.69, 9.17) is 10.5 Å². The highest BCUT2D eigenvalue weighted by Gasteiger charge is 2.03. The smallest absolute Gasteiger partial charge is 0.193 e. The fourth-order valence-corrected chi connectivity index (χ4v) is 2.42. The summed E-state index contributed by atoms with van der Waals surface area (Å²) < 4.78 is 5.19. The summed E-state index contributed by atoms with van der Waals surface area (Å²) in [5.74, 6) is 0.423. The number of nitrogens with one attached hydrogen (secondary N) is 1. The normalized spacial score (nSPS) is 11.2. The first kappa shape index (κ1) is 21.4. The second-order valence-electron chi connectivity index (χ2n) is 5.71. The molecule has 25 heavy (non-hydrogen) atoms. The van der Waals surface area contributed by atoms with Gasteiger partial charge >= 0.3 is 0 Å². The summed E-state index contributed by atoms with van der Waals surface area (Å²) in [6.07, 6.45) is 0. The van der Waals surface area contributed by atoms with Gasteiger partial charge in [-0.05, 0) is 18.7 Å². The van der Waals surface area contributed by atoms with E-state index < -0.39 is 0 Å². The van der Waals surface area contributed by atoms with E-state index in [1.54, 1.807) is 7.11 Å². The molecule has 136 valence electrons. The number of hydrogen-bond acceptors (Lipinski definition) is 3. The first-order chi connectivity index (χ1) is 11.7. The van der Waals surface area contributed by atoms with Gasteiger partial charge in [-0.2, -0.15) is 0 Å². The number of benzene rings is 2. The van der Waals surface area contributed by atoms with E-state index in [0.717, 1.165) is 24.3 Å². The number of guanidine groups is 1. The van der Waals surface area contributed by atoms with Gasteiger partial charge in [-0.3, -0.25) is 4.99 Å². The lowest BCUT2D eigenvalue weighted by atomic mass is 10.2. The molecule has 6 heteroatoms. The van der Waals surface area contributed by atoms with Gasteiger partial charge in [-0.15, -0.1) is 24.0 Å². The molecule has 0 saturated heterocycles. The Morgan fingerprint density at radius 1 is 1.12 bits per heavy atom. The number of nitrogens with two attached hydrogens (primary N) is 1. The summed E-state index contributed by atoms with van der Waals surface area (Å²) in [5.41, 5.74) is 9.27. The minimum Gasteiger partial charge on any atom is -0.380 e. The van der Waals surface area contributed by atoms with E-state index in [2.05, 4.69) is 46.5 Å². The van der Waals surface area contributed by atoms with Crippen molar-refractivity contribution in [3.8, 4) is 0 Å². The molecule has 0 unspecified atom stereocenters. The van der Waals surface area contributed by atoms with Crippen LogP contribution in [-0.2, 0) is 17.9 Å². The van der Waals surface area contributed by atoms with Crippen molar-refractivity contribution in [3.63, 3.8) is 0 Å². The fraction of sp³-hybridized carbons (Fsp3) is 0.316. The van der Waals surface area contributed by atoms with E-state index in [-0.39, 0.29) is 24.0 Å². The maximum absolute atomic E-state index is 5.99. The number of aliphatic imine (C=N–C) groups is 1. The Morgan fingerprint density at radius 3 is 2.52 bits per heavy atom. The molecule has 0 atom stereocenters. The van der Waals surface area contributed by atoms with Crippen LogP contribution in [0.5, 0.6) is 0 Å². The zero-order valence-electron chi connectivity index (χ0n) is 14.8. The van der Waals surface area contributed by atoms with Gasteiger partial charge in [-0.1, -0.05) is 48.5 Å². The van der Waals surface area contributed by atoms with Gasteiger partial charge in [0.2, 0.25) is 0 Å². The van der Waals surface area contributed by atoms with E-state index in [1.807, 2.05) is 30.3 Å². The molecular formula is C19H27IN4O. The number of para-hydroxylation sites is 1. The lowest BCUT2D eigenvalue weighted by Gasteiger charge is -2.16. The molecule has 2 rings (SSSR count). The Balaban J connectivity index is 0.00000312. The number of ether oxygens (including phenoxy) is 1. The van der Waals surface area contributed by atoms with Crippen molar-refractivity contribution in [3.05, 3.63) is 65.7 Å². The first-order valence-corrected chi connectivity index (χ1v) is 8.05. The Hall–Kier alpha value is -1.64. The molecule has 0 aliphatic rings. The molecule has 5 nitrogen and oxygen atoms in total. The van der Waals surface area contributed by atoms with Gasteiger partial charge in [0, 0.05) is 31.5 Å². The van der Waals surface area contributed by atoms with Crippen LogP contribution in [-0.4, -0.2) is 38.1 Å². The number of hydrogen-bond donors (Lipinski definition) is 2. The molecule has 0 radical (unpaired) electrons. The highest BCUT2D eigenvalue weighted by molar-refractivity contribution is 14.0. The van der Waals surface area contributed by atoms with Gasteiger partial charge in [0.1, 0.15) is 0 Å². The molecule has 0 amide bonds. The number of methoxy groups -OCH3 is 1. The Bertz CT molecular complexity index is 649. The van der Waals surface area contributed by atoms with Gasteiger partial charge in [0.15, 0.2) is 5.96 Å². The zero-order valence-corrected chi connectivity index (χ0v) is 17.1. The van der Waals surface area contributed by atoms with Crippen molar-refractivity contribution >= 4 is 35.6 Å². The standard InChI is InChI=1S/C19H26N4O.HI/c1-23(14-16-8-4-3-5-9-16)13-12-21-19(20)22-18-11-7-6-10-17(18)15-24-2;/h3-11H,12-15H2,1-2H3,(H3,20,21,22);1H. The van der Waals surface area contributed by atoms with E-state index in [1.165, 1.54) is 5.56 Å². The molecule has 2 aromatic carbocycles. The second-order valence-corrected chi connectivity index (χ2v) is 5.71. The average molecular weight is 454 g/mol. The molecule has 0 bridgehead atoms. The Labute approximate surface area is 167 Å². The number of rotatable bonds is 8. The molecule has 2 aromatic rings. The van der Waals surface area contributed by atoms with Crippen LogP contribution in [0.1, 0.15) is 11.1 Å². The summed E-state index contributed by atoms with van der Waals surface area (Å²) >= 11 is 0. The molecule has 0 spiro atoms. The predicted molar refractivity (Wildman–Crippen MR) is 115 cm³/mol. The van der Waals surface area contributed by atoms with E-state index in [0.29, 0.717) is 19.1 Å². The Kier molecular flexibility index (Phi) is 10.1. The predicted octanol–water partition coefficient (Wildman–Crippen LogP) is 3.31. The van der Waals surface area contributed by atoms with Crippen LogP contribution in [0.15, 0.2) is 59.6 Å². The molecule has 0 aliphatic carbocycles. The highest BCUT2D eigenvalue weighted by atomic mass is 127. The van der Waals surface area contributed by atoms with Gasteiger partial charge in [0.05, 0.1) is 13.2 Å². The van der Waals surface area contributed by atoms with Gasteiger partial charge in [0.25, 0.3) is 0 Å². The quantitative estimate of drug-likeness (QED) is 0.365. The topological polar surface area (TPSA) is 62.9 Å². The number of likely N-dealkylation sites (N-methyl/N-ethyl adjacent to an activating group) is 1. The first-order valence-electron chi connectivity index (χ1n) is 8.05. The van der Waals surface area contributed by atoms with Crippen LogP contribution in [0, 0.1) is 0 Å². The number of nitrogens with zero attached hydrogens (tertiary/aromatic N) is 2. The fourth-order valence-electron chi connectivity index (χ4n) is 2.42. The van der Waals surface area contributed by atoms with Crippen LogP contribution in [0.3, 0.4) is 0 Å². The highest BCUT2D eigenvalue weighted by Crippen LogP contribution is 2.15. The lowest BCUT2D eigenvalue weighted by molar-refractivity contribution is 0.185. The van der Waals surface area contributed by atoms with Crippen LogP contribution in [0.2, 0.25) is 0 Å². The summed E-state index contributed by atoms with van der Waals surface area (Å²) in [6, 6.07) is 18.3. The van der Waals surface area contributed by atoms with Crippen LogP contribution >= 0.6 is 24.0 Å². The molecule has 0 fully saturated rings. The molecule has 3 N–H and O–H groups in total. The summed E-state index contributed by atoms with van der Waals surface area (Å²) in [4.78, 5) is 6.63. The SMILES string of the molecule is COCc1ccccc1NC(N)=NCCN(C)Cc1ccccc1.I. The van der Waals surface area contributed by atoms with Crippen molar-refractivity contribution in [2.24, 2.45) is 10.7 Å². The summed E-state index contributed by atoms with van der Waals surface area (Å²) in [7, 11) is 3.76. The van der Waals surface area contributed by atoms with Gasteiger partial charge in [-0.25, -0.2) is 0 Å². The lowest BCUT2D eigenvalue weighted by Crippen LogP contribution is -2.26. The largest absolute Gasteiger partial charge is 0.380 e. The third kappa shape index (κ3) is 7.85. The van der Waals surface area contributed by atoms with Crippen molar-refractivity contribution in [1.82, 2.24) is 4.90 Å². The zero-order chi connectivity index (χ0) is 17.2. The van der Waals surface area contributed by atoms with E-state index >= 15 is 0 Å². The number of anilines is 1. The number of halogens is 1.